The maximum absolute atomic E-state index is 12.6. The third-order valence-corrected chi connectivity index (χ3v) is 4.41. The molecular formula is C17H15N5O4. The van der Waals surface area contributed by atoms with E-state index in [1.165, 1.54) is 27.6 Å². The summed E-state index contributed by atoms with van der Waals surface area (Å²) >= 11 is 0. The van der Waals surface area contributed by atoms with Crippen LogP contribution in [0.25, 0.3) is 16.9 Å². The summed E-state index contributed by atoms with van der Waals surface area (Å²) in [5.74, 6) is -0.320. The van der Waals surface area contributed by atoms with Crippen LogP contribution in [-0.4, -0.2) is 28.2 Å². The highest BCUT2D eigenvalue weighted by Crippen LogP contribution is 2.17. The second-order valence-electron chi connectivity index (χ2n) is 6.04. The van der Waals surface area contributed by atoms with Gasteiger partial charge < -0.3 is 5.11 Å². The number of aromatic nitrogens is 5. The average Bonchev–Trinajstić information content (AvgIpc) is 3.03. The van der Waals surface area contributed by atoms with Crippen LogP contribution < -0.4 is 16.8 Å². The largest absolute Gasteiger partial charge is 0.494 e. The number of aryl methyl sites for hydroxylation is 1. The number of imidazole rings is 1. The minimum atomic E-state index is -0.601. The highest BCUT2D eigenvalue weighted by Gasteiger charge is 2.20. The topological polar surface area (TPSA) is 104 Å². The lowest BCUT2D eigenvalue weighted by molar-refractivity contribution is 0.442. The van der Waals surface area contributed by atoms with Crippen molar-refractivity contribution in [3.8, 4) is 5.88 Å². The van der Waals surface area contributed by atoms with Gasteiger partial charge in [0.25, 0.3) is 11.1 Å². The molecule has 4 aromatic rings. The average molecular weight is 353 g/mol. The normalized spacial score (nSPS) is 11.5. The molecule has 0 atom stereocenters. The fourth-order valence-electron chi connectivity index (χ4n) is 3.05. The minimum Gasteiger partial charge on any atom is -0.494 e. The van der Waals surface area contributed by atoms with E-state index in [0.29, 0.717) is 0 Å². The summed E-state index contributed by atoms with van der Waals surface area (Å²) in [6.45, 7) is 0.209. The molecular weight excluding hydrogens is 338 g/mol. The van der Waals surface area contributed by atoms with Gasteiger partial charge in [0.05, 0.1) is 12.6 Å². The molecule has 0 fully saturated rings. The quantitative estimate of drug-likeness (QED) is 0.538. The van der Waals surface area contributed by atoms with Crippen molar-refractivity contribution >= 4 is 16.9 Å². The van der Waals surface area contributed by atoms with E-state index in [1.807, 2.05) is 30.3 Å². The van der Waals surface area contributed by atoms with Crippen LogP contribution in [-0.2, 0) is 20.6 Å². The van der Waals surface area contributed by atoms with Gasteiger partial charge in [0.1, 0.15) is 0 Å². The van der Waals surface area contributed by atoms with Gasteiger partial charge in [-0.25, -0.2) is 9.20 Å². The van der Waals surface area contributed by atoms with E-state index < -0.39 is 22.7 Å². The van der Waals surface area contributed by atoms with Gasteiger partial charge in [-0.05, 0) is 5.56 Å². The van der Waals surface area contributed by atoms with Crippen molar-refractivity contribution in [1.29, 1.82) is 0 Å². The number of fused-ring (bicyclic) bond motifs is 3. The number of benzene rings is 1. The van der Waals surface area contributed by atoms with Crippen molar-refractivity contribution < 1.29 is 5.11 Å². The molecule has 4 rings (SSSR count). The summed E-state index contributed by atoms with van der Waals surface area (Å²) in [7, 11) is 2.83. The second kappa shape index (κ2) is 5.45. The molecule has 0 bridgehead atoms. The van der Waals surface area contributed by atoms with Gasteiger partial charge in [-0.3, -0.25) is 23.3 Å². The second-order valence-corrected chi connectivity index (χ2v) is 6.04. The van der Waals surface area contributed by atoms with E-state index in [1.54, 1.807) is 0 Å². The van der Waals surface area contributed by atoms with Gasteiger partial charge >= 0.3 is 5.69 Å². The van der Waals surface area contributed by atoms with Crippen LogP contribution in [0, 0.1) is 0 Å². The van der Waals surface area contributed by atoms with Gasteiger partial charge in [0.15, 0.2) is 11.2 Å². The van der Waals surface area contributed by atoms with Crippen LogP contribution in [0.1, 0.15) is 5.56 Å². The molecule has 9 nitrogen and oxygen atoms in total. The Morgan fingerprint density at radius 3 is 2.42 bits per heavy atom. The molecule has 132 valence electrons. The zero-order chi connectivity index (χ0) is 18.6. The third-order valence-electron chi connectivity index (χ3n) is 4.41. The molecule has 0 spiro atoms. The van der Waals surface area contributed by atoms with Crippen molar-refractivity contribution in [2.75, 3.05) is 0 Å². The van der Waals surface area contributed by atoms with Crippen molar-refractivity contribution in [1.82, 2.24) is 23.1 Å². The Bertz CT molecular complexity index is 1340. The van der Waals surface area contributed by atoms with Crippen molar-refractivity contribution in [2.24, 2.45) is 14.1 Å². The molecule has 0 amide bonds. The zero-order valence-corrected chi connectivity index (χ0v) is 14.1. The predicted octanol–water partition coefficient (Wildman–Crippen LogP) is -0.200. The molecule has 1 aromatic carbocycles. The molecule has 26 heavy (non-hydrogen) atoms. The van der Waals surface area contributed by atoms with Gasteiger partial charge in [-0.1, -0.05) is 30.3 Å². The molecule has 0 saturated heterocycles. The monoisotopic (exact) mass is 353 g/mol. The minimum absolute atomic E-state index is 0.0314. The SMILES string of the molecule is Cn1c(=O)c2c(nc3n(Cc4ccccc4)c(=O)cc(O)n23)n(C)c1=O. The number of hydrogen-bond donors (Lipinski definition) is 1. The molecule has 0 aliphatic rings. The molecule has 0 unspecified atom stereocenters. The van der Waals surface area contributed by atoms with E-state index in [0.717, 1.165) is 16.2 Å². The molecule has 0 aliphatic carbocycles. The van der Waals surface area contributed by atoms with Crippen molar-refractivity contribution in [3.05, 3.63) is 73.2 Å². The van der Waals surface area contributed by atoms with Gasteiger partial charge in [0.2, 0.25) is 11.7 Å². The fraction of sp³-hybridized carbons (Fsp3) is 0.176. The first kappa shape index (κ1) is 15.9. The van der Waals surface area contributed by atoms with Crippen LogP contribution in [0.4, 0.5) is 0 Å². The van der Waals surface area contributed by atoms with Gasteiger partial charge in [-0.2, -0.15) is 4.98 Å². The summed E-state index contributed by atoms with van der Waals surface area (Å²) in [6, 6.07) is 10.3. The molecule has 0 aliphatic heterocycles. The first-order valence-electron chi connectivity index (χ1n) is 7.85. The summed E-state index contributed by atoms with van der Waals surface area (Å²) in [6.07, 6.45) is 0. The number of aromatic hydroxyl groups is 1. The van der Waals surface area contributed by atoms with Crippen LogP contribution >= 0.6 is 0 Å². The summed E-state index contributed by atoms with van der Waals surface area (Å²) in [4.78, 5) is 41.5. The van der Waals surface area contributed by atoms with E-state index in [4.69, 9.17) is 0 Å². The summed E-state index contributed by atoms with van der Waals surface area (Å²) < 4.78 is 4.68. The maximum atomic E-state index is 12.6. The molecule has 0 radical (unpaired) electrons. The molecule has 1 N–H and O–H groups in total. The Kier molecular flexibility index (Phi) is 3.33. The summed E-state index contributed by atoms with van der Waals surface area (Å²) in [5.41, 5.74) is -0.616. The smallest absolute Gasteiger partial charge is 0.332 e. The first-order chi connectivity index (χ1) is 12.4. The lowest BCUT2D eigenvalue weighted by Gasteiger charge is -2.09. The van der Waals surface area contributed by atoms with Crippen LogP contribution in [0.2, 0.25) is 0 Å². The van der Waals surface area contributed by atoms with Crippen LogP contribution in [0.3, 0.4) is 0 Å². The third kappa shape index (κ3) is 2.10. The first-order valence-corrected chi connectivity index (χ1v) is 7.85. The van der Waals surface area contributed by atoms with E-state index in [9.17, 15) is 19.5 Å². The number of nitrogens with zero attached hydrogens (tertiary/aromatic N) is 5. The Balaban J connectivity index is 2.17. The lowest BCUT2D eigenvalue weighted by Crippen LogP contribution is -2.37. The van der Waals surface area contributed by atoms with Crippen molar-refractivity contribution in [3.63, 3.8) is 0 Å². The fourth-order valence-corrected chi connectivity index (χ4v) is 3.05. The van der Waals surface area contributed by atoms with Crippen LogP contribution in [0.5, 0.6) is 5.88 Å². The standard InChI is InChI=1S/C17H15N5O4/c1-19-14-13(15(25)20(2)17(19)26)22-12(24)8-11(23)21(16(22)18-14)9-10-6-4-3-5-7-10/h3-8,24H,9H2,1-2H3. The summed E-state index contributed by atoms with van der Waals surface area (Å²) in [5, 5.41) is 10.3. The maximum Gasteiger partial charge on any atom is 0.332 e. The number of rotatable bonds is 2. The lowest BCUT2D eigenvalue weighted by atomic mass is 10.2. The molecule has 0 saturated carbocycles. The highest BCUT2D eigenvalue weighted by molar-refractivity contribution is 5.76. The highest BCUT2D eigenvalue weighted by atomic mass is 16.3. The Labute approximate surface area is 145 Å². The Hall–Kier alpha value is -3.62. The van der Waals surface area contributed by atoms with E-state index in [2.05, 4.69) is 4.98 Å². The van der Waals surface area contributed by atoms with Crippen LogP contribution in [0.15, 0.2) is 50.8 Å². The molecule has 3 aromatic heterocycles. The van der Waals surface area contributed by atoms with Crippen molar-refractivity contribution in [2.45, 2.75) is 6.54 Å². The predicted molar refractivity (Wildman–Crippen MR) is 94.6 cm³/mol. The van der Waals surface area contributed by atoms with Gasteiger partial charge in [-0.15, -0.1) is 0 Å². The van der Waals surface area contributed by atoms with Gasteiger partial charge in [0, 0.05) is 14.1 Å². The van der Waals surface area contributed by atoms with E-state index in [-0.39, 0.29) is 23.5 Å². The molecule has 3 heterocycles. The Morgan fingerprint density at radius 1 is 1.04 bits per heavy atom. The zero-order valence-electron chi connectivity index (χ0n) is 14.1. The Morgan fingerprint density at radius 2 is 1.73 bits per heavy atom. The molecule has 9 heteroatoms. The number of hydrogen-bond acceptors (Lipinski definition) is 5. The van der Waals surface area contributed by atoms with E-state index >= 15 is 0 Å².